The van der Waals surface area contributed by atoms with E-state index < -0.39 is 0 Å². The molecule has 2 heterocycles. The Morgan fingerprint density at radius 1 is 1.52 bits per heavy atom. The van der Waals surface area contributed by atoms with Crippen LogP contribution >= 0.6 is 24.0 Å². The molecule has 0 aromatic carbocycles. The van der Waals surface area contributed by atoms with Gasteiger partial charge >= 0.3 is 0 Å². The van der Waals surface area contributed by atoms with Gasteiger partial charge in [0.2, 0.25) is 5.91 Å². The number of guanidine groups is 1. The van der Waals surface area contributed by atoms with Crippen molar-refractivity contribution in [1.82, 2.24) is 30.7 Å². The summed E-state index contributed by atoms with van der Waals surface area (Å²) in [5.74, 6) is 1.89. The second-order valence-corrected chi connectivity index (χ2v) is 5.24. The predicted octanol–water partition coefficient (Wildman–Crippen LogP) is 0.292. The molecule has 23 heavy (non-hydrogen) atoms. The lowest BCUT2D eigenvalue weighted by atomic mass is 10.1. The van der Waals surface area contributed by atoms with Gasteiger partial charge in [0.1, 0.15) is 12.2 Å². The van der Waals surface area contributed by atoms with Crippen LogP contribution in [-0.4, -0.2) is 52.3 Å². The summed E-state index contributed by atoms with van der Waals surface area (Å²) in [5.41, 5.74) is 0. The lowest BCUT2D eigenvalue weighted by Gasteiger charge is -2.25. The van der Waals surface area contributed by atoms with Gasteiger partial charge in [0.05, 0.1) is 6.54 Å². The maximum Gasteiger partial charge on any atom is 0.220 e. The smallest absolute Gasteiger partial charge is 0.220 e. The van der Waals surface area contributed by atoms with Crippen LogP contribution in [0.3, 0.4) is 0 Å². The van der Waals surface area contributed by atoms with Gasteiger partial charge in [-0.15, -0.1) is 34.2 Å². The van der Waals surface area contributed by atoms with Crippen LogP contribution in [0.5, 0.6) is 0 Å². The van der Waals surface area contributed by atoms with Crippen molar-refractivity contribution in [2.45, 2.75) is 45.7 Å². The first-order valence-electron chi connectivity index (χ1n) is 7.91. The Morgan fingerprint density at radius 3 is 3.00 bits per heavy atom. The van der Waals surface area contributed by atoms with E-state index >= 15 is 0 Å². The molecule has 8 nitrogen and oxygen atoms in total. The summed E-state index contributed by atoms with van der Waals surface area (Å²) in [5, 5.41) is 17.5. The number of nitrogens with zero attached hydrogens (tertiary/aromatic N) is 4. The molecule has 0 bridgehead atoms. The van der Waals surface area contributed by atoms with Crippen LogP contribution in [0.1, 0.15) is 32.5 Å². The highest BCUT2D eigenvalue weighted by Crippen LogP contribution is 2.02. The van der Waals surface area contributed by atoms with Crippen molar-refractivity contribution in [3.8, 4) is 0 Å². The number of piperidine rings is 1. The number of nitrogens with one attached hydrogen (secondary N) is 3. The Bertz CT molecular complexity index is 507. The van der Waals surface area contributed by atoms with E-state index in [4.69, 9.17) is 0 Å². The Hall–Kier alpha value is -1.39. The normalized spacial score (nSPS) is 18.1. The topological polar surface area (TPSA) is 96.2 Å². The quantitative estimate of drug-likeness (QED) is 0.339. The Kier molecular flexibility index (Phi) is 8.89. The molecule has 0 saturated carbocycles. The van der Waals surface area contributed by atoms with Gasteiger partial charge in [-0.1, -0.05) is 6.92 Å². The molecule has 0 spiro atoms. The van der Waals surface area contributed by atoms with E-state index in [-0.39, 0.29) is 35.9 Å². The number of aryl methyl sites for hydroxylation is 1. The van der Waals surface area contributed by atoms with Gasteiger partial charge in [-0.2, -0.15) is 0 Å². The number of carbonyl (C=O) groups excluding carboxylic acids is 1. The first-order valence-corrected chi connectivity index (χ1v) is 7.91. The first-order chi connectivity index (χ1) is 10.7. The molecule has 1 aromatic heterocycles. The third kappa shape index (κ3) is 6.32. The highest BCUT2D eigenvalue weighted by Gasteiger charge is 2.18. The van der Waals surface area contributed by atoms with Crippen molar-refractivity contribution < 1.29 is 4.79 Å². The third-order valence-electron chi connectivity index (χ3n) is 3.57. The Morgan fingerprint density at radius 2 is 2.35 bits per heavy atom. The fourth-order valence-corrected chi connectivity index (χ4v) is 2.38. The van der Waals surface area contributed by atoms with Crippen molar-refractivity contribution in [3.05, 3.63) is 12.2 Å². The molecule has 1 aliphatic rings. The van der Waals surface area contributed by atoms with Crippen molar-refractivity contribution in [2.24, 2.45) is 4.99 Å². The van der Waals surface area contributed by atoms with E-state index in [1.54, 1.807) is 6.33 Å². The summed E-state index contributed by atoms with van der Waals surface area (Å²) in [6.07, 6.45) is 4.01. The Balaban J connectivity index is 0.00000264. The molecule has 130 valence electrons. The number of rotatable bonds is 6. The third-order valence-corrected chi connectivity index (χ3v) is 3.57. The predicted molar refractivity (Wildman–Crippen MR) is 100.0 cm³/mol. The van der Waals surface area contributed by atoms with E-state index in [0.717, 1.165) is 37.7 Å². The molecule has 1 fully saturated rings. The van der Waals surface area contributed by atoms with E-state index in [1.807, 2.05) is 11.5 Å². The lowest BCUT2D eigenvalue weighted by molar-refractivity contribution is -0.122. The van der Waals surface area contributed by atoms with Crippen LogP contribution in [0.2, 0.25) is 0 Å². The SMILES string of the molecule is CCNC(=NCCn1cnnc1CC)NC1CCC(=O)NC1.I. The minimum absolute atomic E-state index is 0. The fourth-order valence-electron chi connectivity index (χ4n) is 2.38. The Labute approximate surface area is 153 Å². The molecule has 1 unspecified atom stereocenters. The van der Waals surface area contributed by atoms with Crippen LogP contribution in [0.15, 0.2) is 11.3 Å². The average Bonchev–Trinajstić information content (AvgIpc) is 2.97. The molecular weight excluding hydrogens is 409 g/mol. The number of amides is 1. The summed E-state index contributed by atoms with van der Waals surface area (Å²) in [4.78, 5) is 15.8. The zero-order chi connectivity index (χ0) is 15.8. The number of aliphatic imine (C=N–C) groups is 1. The monoisotopic (exact) mass is 435 g/mol. The molecular formula is C14H26IN7O. The lowest BCUT2D eigenvalue weighted by Crippen LogP contribution is -2.51. The van der Waals surface area contributed by atoms with Crippen molar-refractivity contribution in [3.63, 3.8) is 0 Å². The van der Waals surface area contributed by atoms with Crippen LogP contribution < -0.4 is 16.0 Å². The van der Waals surface area contributed by atoms with Gasteiger partial charge in [-0.25, -0.2) is 0 Å². The molecule has 3 N–H and O–H groups in total. The van der Waals surface area contributed by atoms with Crippen LogP contribution in [0, 0.1) is 0 Å². The minimum atomic E-state index is 0. The standard InChI is InChI=1S/C14H25N7O.HI/c1-3-12-20-18-10-21(12)8-7-16-14(15-4-2)19-11-5-6-13(22)17-9-11;/h10-11H,3-9H2,1-2H3,(H,17,22)(H2,15,16,19);1H. The fraction of sp³-hybridized carbons (Fsp3) is 0.714. The van der Waals surface area contributed by atoms with Crippen molar-refractivity contribution >= 4 is 35.8 Å². The largest absolute Gasteiger partial charge is 0.357 e. The summed E-state index contributed by atoms with van der Waals surface area (Å²) in [7, 11) is 0. The second-order valence-electron chi connectivity index (χ2n) is 5.24. The summed E-state index contributed by atoms with van der Waals surface area (Å²) in [6.45, 7) is 6.96. The van der Waals surface area contributed by atoms with E-state index in [1.165, 1.54) is 0 Å². The maximum absolute atomic E-state index is 11.2. The van der Waals surface area contributed by atoms with Gasteiger partial charge in [0.25, 0.3) is 0 Å². The van der Waals surface area contributed by atoms with E-state index in [0.29, 0.717) is 19.5 Å². The molecule has 1 atom stereocenters. The minimum Gasteiger partial charge on any atom is -0.357 e. The average molecular weight is 435 g/mol. The van der Waals surface area contributed by atoms with Gasteiger partial charge in [-0.3, -0.25) is 9.79 Å². The van der Waals surface area contributed by atoms with Gasteiger partial charge < -0.3 is 20.5 Å². The van der Waals surface area contributed by atoms with E-state index in [9.17, 15) is 4.79 Å². The molecule has 1 aromatic rings. The zero-order valence-electron chi connectivity index (χ0n) is 13.7. The molecule has 1 amide bonds. The summed E-state index contributed by atoms with van der Waals surface area (Å²) < 4.78 is 2.02. The van der Waals surface area contributed by atoms with Gasteiger partial charge in [0.15, 0.2) is 5.96 Å². The van der Waals surface area contributed by atoms with E-state index in [2.05, 4.69) is 38.1 Å². The molecule has 1 aliphatic heterocycles. The van der Waals surface area contributed by atoms with Crippen molar-refractivity contribution in [1.29, 1.82) is 0 Å². The van der Waals surface area contributed by atoms with Gasteiger partial charge in [-0.05, 0) is 13.3 Å². The van der Waals surface area contributed by atoms with Crippen LogP contribution in [-0.2, 0) is 17.8 Å². The summed E-state index contributed by atoms with van der Waals surface area (Å²) >= 11 is 0. The van der Waals surface area contributed by atoms with Crippen LogP contribution in [0.4, 0.5) is 0 Å². The van der Waals surface area contributed by atoms with Gasteiger partial charge in [0, 0.05) is 38.5 Å². The second kappa shape index (κ2) is 10.4. The van der Waals surface area contributed by atoms with Crippen LogP contribution in [0.25, 0.3) is 0 Å². The molecule has 0 aliphatic carbocycles. The number of halogens is 1. The number of hydrogen-bond donors (Lipinski definition) is 3. The zero-order valence-corrected chi connectivity index (χ0v) is 16.0. The highest BCUT2D eigenvalue weighted by molar-refractivity contribution is 14.0. The molecule has 2 rings (SSSR count). The number of aromatic nitrogens is 3. The summed E-state index contributed by atoms with van der Waals surface area (Å²) in [6, 6.07) is 0.233. The number of hydrogen-bond acceptors (Lipinski definition) is 4. The highest BCUT2D eigenvalue weighted by atomic mass is 127. The molecule has 1 saturated heterocycles. The maximum atomic E-state index is 11.2. The van der Waals surface area contributed by atoms with Crippen molar-refractivity contribution in [2.75, 3.05) is 19.6 Å². The molecule has 9 heteroatoms. The first kappa shape index (κ1) is 19.7. The molecule has 0 radical (unpaired) electrons. The number of carbonyl (C=O) groups is 1.